The Labute approximate surface area is 118 Å². The SMILES string of the molecule is C=CCNC(=O)CN(C)Cc1cc(C(=O)OC)c(C)o1. The molecule has 0 aliphatic carbocycles. The van der Waals surface area contributed by atoms with Crippen LogP contribution in [0.4, 0.5) is 0 Å². The van der Waals surface area contributed by atoms with Crippen LogP contribution >= 0.6 is 0 Å². The molecular formula is C14H20N2O4. The van der Waals surface area contributed by atoms with Crippen molar-refractivity contribution in [1.29, 1.82) is 0 Å². The minimum Gasteiger partial charge on any atom is -0.465 e. The average molecular weight is 280 g/mol. The lowest BCUT2D eigenvalue weighted by Crippen LogP contribution is -2.34. The number of carbonyl (C=O) groups is 2. The van der Waals surface area contributed by atoms with Crippen LogP contribution in [0.3, 0.4) is 0 Å². The quantitative estimate of drug-likeness (QED) is 0.598. The van der Waals surface area contributed by atoms with E-state index in [1.165, 1.54) is 7.11 Å². The highest BCUT2D eigenvalue weighted by Gasteiger charge is 2.16. The molecular weight excluding hydrogens is 260 g/mol. The van der Waals surface area contributed by atoms with Crippen LogP contribution in [-0.2, 0) is 16.1 Å². The Hall–Kier alpha value is -2.08. The van der Waals surface area contributed by atoms with Crippen LogP contribution in [0.5, 0.6) is 0 Å². The van der Waals surface area contributed by atoms with Gasteiger partial charge in [-0.3, -0.25) is 9.69 Å². The molecule has 6 nitrogen and oxygen atoms in total. The van der Waals surface area contributed by atoms with Crippen LogP contribution in [0.25, 0.3) is 0 Å². The molecule has 0 aliphatic rings. The highest BCUT2D eigenvalue weighted by molar-refractivity contribution is 5.90. The first-order chi connectivity index (χ1) is 9.47. The first-order valence-electron chi connectivity index (χ1n) is 6.21. The maximum Gasteiger partial charge on any atom is 0.341 e. The number of hydrogen-bond acceptors (Lipinski definition) is 5. The van der Waals surface area contributed by atoms with Crippen LogP contribution in [0, 0.1) is 6.92 Å². The number of rotatable bonds is 7. The zero-order valence-corrected chi connectivity index (χ0v) is 12.1. The highest BCUT2D eigenvalue weighted by Crippen LogP contribution is 2.16. The third-order valence-electron chi connectivity index (χ3n) is 2.66. The standard InChI is InChI=1S/C14H20N2O4/c1-5-6-15-13(17)9-16(3)8-11-7-12(10(2)20-11)14(18)19-4/h5,7H,1,6,8-9H2,2-4H3,(H,15,17). The number of ether oxygens (including phenoxy) is 1. The van der Waals surface area contributed by atoms with Crippen molar-refractivity contribution in [2.24, 2.45) is 0 Å². The molecule has 20 heavy (non-hydrogen) atoms. The van der Waals surface area contributed by atoms with Gasteiger partial charge in [0, 0.05) is 6.54 Å². The van der Waals surface area contributed by atoms with Crippen molar-refractivity contribution in [2.75, 3.05) is 27.2 Å². The number of furan rings is 1. The van der Waals surface area contributed by atoms with Gasteiger partial charge in [0.05, 0.1) is 20.2 Å². The lowest BCUT2D eigenvalue weighted by Gasteiger charge is -2.14. The Balaban J connectivity index is 2.58. The molecule has 0 radical (unpaired) electrons. The van der Waals surface area contributed by atoms with Gasteiger partial charge in [0.25, 0.3) is 0 Å². The largest absolute Gasteiger partial charge is 0.465 e. The van der Waals surface area contributed by atoms with E-state index in [0.29, 0.717) is 30.2 Å². The molecule has 1 rings (SSSR count). The van der Waals surface area contributed by atoms with E-state index in [0.717, 1.165) is 0 Å². The first kappa shape index (κ1) is 16.0. The summed E-state index contributed by atoms with van der Waals surface area (Å²) in [6, 6.07) is 1.64. The molecule has 1 aromatic heterocycles. The summed E-state index contributed by atoms with van der Waals surface area (Å²) in [6.45, 7) is 6.34. The summed E-state index contributed by atoms with van der Waals surface area (Å²) in [7, 11) is 3.12. The number of methoxy groups -OCH3 is 1. The fraction of sp³-hybridized carbons (Fsp3) is 0.429. The van der Waals surface area contributed by atoms with E-state index in [4.69, 9.17) is 4.42 Å². The molecule has 1 amide bonds. The fourth-order valence-electron chi connectivity index (χ4n) is 1.74. The highest BCUT2D eigenvalue weighted by atomic mass is 16.5. The first-order valence-corrected chi connectivity index (χ1v) is 6.21. The lowest BCUT2D eigenvalue weighted by molar-refractivity contribution is -0.121. The molecule has 0 saturated heterocycles. The van der Waals surface area contributed by atoms with Gasteiger partial charge in [-0.1, -0.05) is 6.08 Å². The molecule has 0 aliphatic heterocycles. The van der Waals surface area contributed by atoms with E-state index in [9.17, 15) is 9.59 Å². The number of carbonyl (C=O) groups excluding carboxylic acids is 2. The number of hydrogen-bond donors (Lipinski definition) is 1. The fourth-order valence-corrected chi connectivity index (χ4v) is 1.74. The molecule has 110 valence electrons. The maximum atomic E-state index is 11.5. The minimum absolute atomic E-state index is 0.0936. The molecule has 0 fully saturated rings. The Morgan fingerprint density at radius 3 is 2.85 bits per heavy atom. The Kier molecular flexibility index (Phi) is 5.99. The monoisotopic (exact) mass is 280 g/mol. The number of nitrogens with one attached hydrogen (secondary N) is 1. The van der Waals surface area contributed by atoms with E-state index >= 15 is 0 Å². The molecule has 1 aromatic rings. The smallest absolute Gasteiger partial charge is 0.341 e. The molecule has 1 heterocycles. The summed E-state index contributed by atoms with van der Waals surface area (Å²) < 4.78 is 10.1. The van der Waals surface area contributed by atoms with Crippen molar-refractivity contribution >= 4 is 11.9 Å². The number of amides is 1. The zero-order valence-electron chi connectivity index (χ0n) is 12.1. The molecule has 0 unspecified atom stereocenters. The van der Waals surface area contributed by atoms with Crippen molar-refractivity contribution in [3.05, 3.63) is 35.8 Å². The van der Waals surface area contributed by atoms with Gasteiger partial charge in [-0.05, 0) is 20.0 Å². The van der Waals surface area contributed by atoms with Crippen LogP contribution < -0.4 is 5.32 Å². The van der Waals surface area contributed by atoms with E-state index < -0.39 is 5.97 Å². The summed E-state index contributed by atoms with van der Waals surface area (Å²) in [5.74, 6) is 0.603. The Bertz CT molecular complexity index is 493. The van der Waals surface area contributed by atoms with Gasteiger partial charge in [0.1, 0.15) is 17.1 Å². The normalized spacial score (nSPS) is 10.4. The van der Waals surface area contributed by atoms with Crippen LogP contribution in [0.1, 0.15) is 21.9 Å². The van der Waals surface area contributed by atoms with E-state index in [-0.39, 0.29) is 12.5 Å². The molecule has 1 N–H and O–H groups in total. The van der Waals surface area contributed by atoms with Crippen molar-refractivity contribution in [3.8, 4) is 0 Å². The van der Waals surface area contributed by atoms with Crippen LogP contribution in [0.2, 0.25) is 0 Å². The van der Waals surface area contributed by atoms with E-state index in [1.54, 1.807) is 31.0 Å². The molecule has 0 bridgehead atoms. The molecule has 0 spiro atoms. The van der Waals surface area contributed by atoms with Crippen LogP contribution in [-0.4, -0.2) is 44.0 Å². The predicted octanol–water partition coefficient (Wildman–Crippen LogP) is 1.11. The van der Waals surface area contributed by atoms with Gasteiger partial charge in [-0.25, -0.2) is 4.79 Å². The summed E-state index contributed by atoms with van der Waals surface area (Å²) >= 11 is 0. The summed E-state index contributed by atoms with van der Waals surface area (Å²) in [5.41, 5.74) is 0.409. The number of esters is 1. The maximum absolute atomic E-state index is 11.5. The third kappa shape index (κ3) is 4.55. The average Bonchev–Trinajstić information content (AvgIpc) is 2.75. The molecule has 0 aromatic carbocycles. The Morgan fingerprint density at radius 1 is 1.55 bits per heavy atom. The second-order valence-electron chi connectivity index (χ2n) is 4.44. The Morgan fingerprint density at radius 2 is 2.25 bits per heavy atom. The molecule has 6 heteroatoms. The number of likely N-dealkylation sites (N-methyl/N-ethyl adjacent to an activating group) is 1. The van der Waals surface area contributed by atoms with Crippen molar-refractivity contribution in [2.45, 2.75) is 13.5 Å². The second-order valence-corrected chi connectivity index (χ2v) is 4.44. The second kappa shape index (κ2) is 7.49. The lowest BCUT2D eigenvalue weighted by atomic mass is 10.2. The van der Waals surface area contributed by atoms with Gasteiger partial charge in [0.15, 0.2) is 0 Å². The zero-order chi connectivity index (χ0) is 15.1. The predicted molar refractivity (Wildman–Crippen MR) is 74.3 cm³/mol. The summed E-state index contributed by atoms with van der Waals surface area (Å²) in [4.78, 5) is 24.8. The van der Waals surface area contributed by atoms with E-state index in [2.05, 4.69) is 16.6 Å². The topological polar surface area (TPSA) is 71.8 Å². The molecule has 0 atom stereocenters. The van der Waals surface area contributed by atoms with E-state index in [1.807, 2.05) is 0 Å². The van der Waals surface area contributed by atoms with Gasteiger partial charge < -0.3 is 14.5 Å². The minimum atomic E-state index is -0.427. The van der Waals surface area contributed by atoms with Gasteiger partial charge in [-0.2, -0.15) is 0 Å². The van der Waals surface area contributed by atoms with Crippen molar-refractivity contribution in [3.63, 3.8) is 0 Å². The van der Waals surface area contributed by atoms with Gasteiger partial charge in [0.2, 0.25) is 5.91 Å². The van der Waals surface area contributed by atoms with Crippen LogP contribution in [0.15, 0.2) is 23.1 Å². The number of aryl methyl sites for hydroxylation is 1. The number of nitrogens with zero attached hydrogens (tertiary/aromatic N) is 1. The third-order valence-corrected chi connectivity index (χ3v) is 2.66. The van der Waals surface area contributed by atoms with Crippen molar-refractivity contribution in [1.82, 2.24) is 10.2 Å². The van der Waals surface area contributed by atoms with Gasteiger partial charge >= 0.3 is 5.97 Å². The summed E-state index contributed by atoms with van der Waals surface area (Å²) in [6.07, 6.45) is 1.62. The summed E-state index contributed by atoms with van der Waals surface area (Å²) in [5, 5.41) is 2.69. The molecule has 0 saturated carbocycles. The van der Waals surface area contributed by atoms with Crippen molar-refractivity contribution < 1.29 is 18.7 Å². The van der Waals surface area contributed by atoms with Gasteiger partial charge in [-0.15, -0.1) is 6.58 Å².